The molecule has 1 spiro atoms. The van der Waals surface area contributed by atoms with Crippen LogP contribution in [-0.4, -0.2) is 28.9 Å². The van der Waals surface area contributed by atoms with Crippen molar-refractivity contribution in [2.75, 3.05) is 18.0 Å². The summed E-state index contributed by atoms with van der Waals surface area (Å²) < 4.78 is 0. The Hall–Kier alpha value is -2.18. The van der Waals surface area contributed by atoms with Crippen LogP contribution in [0.25, 0.3) is 0 Å². The molecule has 2 N–H and O–H groups in total. The van der Waals surface area contributed by atoms with Crippen LogP contribution in [0.2, 0.25) is 0 Å². The summed E-state index contributed by atoms with van der Waals surface area (Å²) in [6.45, 7) is 1.65. The molecule has 1 saturated carbocycles. The molecule has 118 valence electrons. The molecule has 1 aromatic rings. The molecule has 3 rings (SSSR count). The SMILES string of the molecule is NC(=O)c1cc([N+](=O)[O-])cnc1N1CCC2(CCCC2)CC1. The van der Waals surface area contributed by atoms with E-state index in [-0.39, 0.29) is 11.3 Å². The van der Waals surface area contributed by atoms with E-state index < -0.39 is 10.8 Å². The fourth-order valence-corrected chi connectivity index (χ4v) is 3.80. The molecule has 0 aromatic carbocycles. The predicted octanol–water partition coefficient (Wildman–Crippen LogP) is 2.25. The first-order valence-electron chi connectivity index (χ1n) is 7.70. The molecule has 2 heterocycles. The van der Waals surface area contributed by atoms with Crippen LogP contribution in [0, 0.1) is 15.5 Å². The van der Waals surface area contributed by atoms with Crippen LogP contribution >= 0.6 is 0 Å². The molecule has 22 heavy (non-hydrogen) atoms. The van der Waals surface area contributed by atoms with Gasteiger partial charge in [0.2, 0.25) is 0 Å². The summed E-state index contributed by atoms with van der Waals surface area (Å²) >= 11 is 0. The van der Waals surface area contributed by atoms with E-state index in [1.165, 1.54) is 37.9 Å². The van der Waals surface area contributed by atoms with E-state index in [2.05, 4.69) is 4.98 Å². The van der Waals surface area contributed by atoms with E-state index in [0.29, 0.717) is 11.2 Å². The number of nitro groups is 1. The summed E-state index contributed by atoms with van der Waals surface area (Å²) in [5.74, 6) is -0.196. The summed E-state index contributed by atoms with van der Waals surface area (Å²) in [6, 6.07) is 1.23. The lowest BCUT2D eigenvalue weighted by atomic mass is 9.77. The van der Waals surface area contributed by atoms with Gasteiger partial charge in [-0.15, -0.1) is 0 Å². The fourth-order valence-electron chi connectivity index (χ4n) is 3.80. The van der Waals surface area contributed by atoms with Crippen molar-refractivity contribution in [3.8, 4) is 0 Å². The molecule has 0 radical (unpaired) electrons. The van der Waals surface area contributed by atoms with Gasteiger partial charge in [-0.1, -0.05) is 12.8 Å². The van der Waals surface area contributed by atoms with Gasteiger partial charge in [-0.05, 0) is 31.1 Å². The van der Waals surface area contributed by atoms with Crippen molar-refractivity contribution in [1.29, 1.82) is 0 Å². The second-order valence-electron chi connectivity index (χ2n) is 6.38. The number of nitrogens with zero attached hydrogens (tertiary/aromatic N) is 3. The number of hydrogen-bond acceptors (Lipinski definition) is 5. The van der Waals surface area contributed by atoms with Crippen molar-refractivity contribution in [3.05, 3.63) is 27.9 Å². The molecule has 0 atom stereocenters. The third-order valence-corrected chi connectivity index (χ3v) is 5.12. The number of piperidine rings is 1. The number of primary amides is 1. The van der Waals surface area contributed by atoms with Crippen molar-refractivity contribution < 1.29 is 9.72 Å². The number of nitrogens with two attached hydrogens (primary N) is 1. The predicted molar refractivity (Wildman–Crippen MR) is 81.8 cm³/mol. The number of pyridine rings is 1. The van der Waals surface area contributed by atoms with Gasteiger partial charge in [-0.3, -0.25) is 14.9 Å². The second-order valence-corrected chi connectivity index (χ2v) is 6.38. The molecule has 7 heteroatoms. The van der Waals surface area contributed by atoms with Crippen LogP contribution in [0.5, 0.6) is 0 Å². The molecule has 2 fully saturated rings. The van der Waals surface area contributed by atoms with Gasteiger partial charge in [0.05, 0.1) is 10.5 Å². The summed E-state index contributed by atoms with van der Waals surface area (Å²) in [5.41, 5.74) is 5.77. The number of hydrogen-bond donors (Lipinski definition) is 1. The van der Waals surface area contributed by atoms with E-state index in [1.54, 1.807) is 0 Å². The highest BCUT2D eigenvalue weighted by Crippen LogP contribution is 2.46. The van der Waals surface area contributed by atoms with Gasteiger partial charge in [-0.25, -0.2) is 4.98 Å². The van der Waals surface area contributed by atoms with Crippen LogP contribution in [0.1, 0.15) is 48.9 Å². The number of amides is 1. The average Bonchev–Trinajstić information content (AvgIpc) is 2.95. The van der Waals surface area contributed by atoms with Crippen LogP contribution in [0.4, 0.5) is 11.5 Å². The summed E-state index contributed by atoms with van der Waals surface area (Å²) in [4.78, 5) is 28.1. The Morgan fingerprint density at radius 3 is 2.45 bits per heavy atom. The van der Waals surface area contributed by atoms with Gasteiger partial charge >= 0.3 is 0 Å². The van der Waals surface area contributed by atoms with Crippen molar-refractivity contribution in [2.24, 2.45) is 11.1 Å². The standard InChI is InChI=1S/C15H20N4O3/c16-13(20)12-9-11(19(21)22)10-17-14(12)18-7-5-15(6-8-18)3-1-2-4-15/h9-10H,1-8H2,(H2,16,20). The number of carbonyl (C=O) groups is 1. The molecule has 1 aromatic heterocycles. The quantitative estimate of drug-likeness (QED) is 0.681. The zero-order chi connectivity index (χ0) is 15.7. The van der Waals surface area contributed by atoms with E-state index >= 15 is 0 Å². The number of aromatic nitrogens is 1. The largest absolute Gasteiger partial charge is 0.365 e. The van der Waals surface area contributed by atoms with Crippen molar-refractivity contribution in [3.63, 3.8) is 0 Å². The van der Waals surface area contributed by atoms with Crippen LogP contribution < -0.4 is 10.6 Å². The monoisotopic (exact) mass is 304 g/mol. The second kappa shape index (κ2) is 5.55. The van der Waals surface area contributed by atoms with Crippen molar-refractivity contribution in [2.45, 2.75) is 38.5 Å². The van der Waals surface area contributed by atoms with Gasteiger partial charge in [0, 0.05) is 19.2 Å². The van der Waals surface area contributed by atoms with Gasteiger partial charge in [0.1, 0.15) is 12.0 Å². The molecule has 2 aliphatic rings. The van der Waals surface area contributed by atoms with Gasteiger partial charge < -0.3 is 10.6 Å². The zero-order valence-corrected chi connectivity index (χ0v) is 12.5. The first-order valence-corrected chi connectivity index (χ1v) is 7.70. The molecular weight excluding hydrogens is 284 g/mol. The molecule has 0 bridgehead atoms. The number of rotatable bonds is 3. The van der Waals surface area contributed by atoms with Crippen LogP contribution in [0.3, 0.4) is 0 Å². The summed E-state index contributed by atoms with van der Waals surface area (Å²) in [5, 5.41) is 10.8. The molecule has 1 aliphatic heterocycles. The first-order chi connectivity index (χ1) is 10.5. The van der Waals surface area contributed by atoms with E-state index in [1.807, 2.05) is 4.90 Å². The van der Waals surface area contributed by atoms with Crippen molar-refractivity contribution in [1.82, 2.24) is 4.98 Å². The third kappa shape index (κ3) is 2.63. The molecule has 1 amide bonds. The van der Waals surface area contributed by atoms with E-state index in [0.717, 1.165) is 25.9 Å². The highest BCUT2D eigenvalue weighted by Gasteiger charge is 2.37. The number of anilines is 1. The van der Waals surface area contributed by atoms with Crippen LogP contribution in [0.15, 0.2) is 12.3 Å². The maximum absolute atomic E-state index is 11.6. The first kappa shape index (κ1) is 14.7. The Labute approximate surface area is 128 Å². The Morgan fingerprint density at radius 1 is 1.27 bits per heavy atom. The molecule has 1 aliphatic carbocycles. The summed E-state index contributed by atoms with van der Waals surface area (Å²) in [7, 11) is 0. The minimum Gasteiger partial charge on any atom is -0.365 e. The minimum absolute atomic E-state index is 0.136. The smallest absolute Gasteiger partial charge is 0.288 e. The zero-order valence-electron chi connectivity index (χ0n) is 12.5. The molecule has 1 saturated heterocycles. The van der Waals surface area contributed by atoms with Gasteiger partial charge in [-0.2, -0.15) is 0 Å². The molecular formula is C15H20N4O3. The number of carbonyl (C=O) groups excluding carboxylic acids is 1. The molecule has 0 unspecified atom stereocenters. The minimum atomic E-state index is -0.674. The summed E-state index contributed by atoms with van der Waals surface area (Å²) in [6.07, 6.45) is 8.56. The van der Waals surface area contributed by atoms with Crippen LogP contribution in [-0.2, 0) is 0 Å². The lowest BCUT2D eigenvalue weighted by Crippen LogP contribution is -2.40. The van der Waals surface area contributed by atoms with E-state index in [9.17, 15) is 14.9 Å². The van der Waals surface area contributed by atoms with Gasteiger partial charge in [0.15, 0.2) is 0 Å². The third-order valence-electron chi connectivity index (χ3n) is 5.12. The maximum Gasteiger partial charge on any atom is 0.288 e. The maximum atomic E-state index is 11.6. The Balaban J connectivity index is 1.83. The van der Waals surface area contributed by atoms with E-state index in [4.69, 9.17) is 5.73 Å². The highest BCUT2D eigenvalue weighted by atomic mass is 16.6. The van der Waals surface area contributed by atoms with Crippen molar-refractivity contribution >= 4 is 17.4 Å². The average molecular weight is 304 g/mol. The lowest BCUT2D eigenvalue weighted by Gasteiger charge is -2.40. The Kier molecular flexibility index (Phi) is 3.72. The topological polar surface area (TPSA) is 102 Å². The fraction of sp³-hybridized carbons (Fsp3) is 0.600. The Bertz CT molecular complexity index is 601. The molecule has 7 nitrogen and oxygen atoms in total. The Morgan fingerprint density at radius 2 is 1.91 bits per heavy atom. The van der Waals surface area contributed by atoms with Gasteiger partial charge in [0.25, 0.3) is 11.6 Å². The highest BCUT2D eigenvalue weighted by molar-refractivity contribution is 5.98. The lowest BCUT2D eigenvalue weighted by molar-refractivity contribution is -0.385. The normalized spacial score (nSPS) is 20.3.